The van der Waals surface area contributed by atoms with Crippen LogP contribution in [0.3, 0.4) is 0 Å². The molecule has 5 heteroatoms. The molecule has 0 bridgehead atoms. The summed E-state index contributed by atoms with van der Waals surface area (Å²) in [6, 6.07) is 5.94. The van der Waals surface area contributed by atoms with Crippen molar-refractivity contribution in [1.29, 1.82) is 0 Å². The van der Waals surface area contributed by atoms with E-state index in [4.69, 9.17) is 0 Å². The zero-order valence-electron chi connectivity index (χ0n) is 10.7. The number of aryl methyl sites for hydroxylation is 2. The second-order valence-corrected chi connectivity index (χ2v) is 6.17. The first-order chi connectivity index (χ1) is 9.02. The van der Waals surface area contributed by atoms with Crippen molar-refractivity contribution in [2.24, 2.45) is 0 Å². The van der Waals surface area contributed by atoms with Crippen LogP contribution in [0.1, 0.15) is 34.3 Å². The Morgan fingerprint density at radius 2 is 2.21 bits per heavy atom. The Hall–Kier alpha value is -1.20. The standard InChI is InChI=1S/C14H14BrNO2S/c1-3-4-11-12(14(17)18)19-13(16-11)9-5-6-10(15)8(2)7-9/h5-7H,3-4H2,1-2H3,(H,17,18). The predicted octanol–water partition coefficient (Wildman–Crippen LogP) is 4.53. The zero-order chi connectivity index (χ0) is 14.0. The average molecular weight is 340 g/mol. The normalized spacial score (nSPS) is 10.7. The minimum atomic E-state index is -0.888. The second-order valence-electron chi connectivity index (χ2n) is 4.31. The van der Waals surface area contributed by atoms with E-state index < -0.39 is 5.97 Å². The smallest absolute Gasteiger partial charge is 0.347 e. The summed E-state index contributed by atoms with van der Waals surface area (Å²) < 4.78 is 1.04. The molecule has 0 spiro atoms. The Balaban J connectivity index is 2.47. The number of hydrogen-bond acceptors (Lipinski definition) is 3. The van der Waals surface area contributed by atoms with Gasteiger partial charge >= 0.3 is 5.97 Å². The van der Waals surface area contributed by atoms with Gasteiger partial charge in [-0.3, -0.25) is 0 Å². The highest BCUT2D eigenvalue weighted by Crippen LogP contribution is 2.31. The Labute approximate surface area is 124 Å². The van der Waals surface area contributed by atoms with E-state index in [1.165, 1.54) is 11.3 Å². The molecule has 2 aromatic rings. The topological polar surface area (TPSA) is 50.2 Å². The molecular formula is C14H14BrNO2S. The molecule has 1 aromatic heterocycles. The first-order valence-corrected chi connectivity index (χ1v) is 7.63. The third-order valence-corrected chi connectivity index (χ3v) is 4.81. The number of aromatic carboxylic acids is 1. The lowest BCUT2D eigenvalue weighted by atomic mass is 10.1. The van der Waals surface area contributed by atoms with Crippen molar-refractivity contribution in [1.82, 2.24) is 4.98 Å². The summed E-state index contributed by atoms with van der Waals surface area (Å²) in [5, 5.41) is 9.99. The van der Waals surface area contributed by atoms with Crippen LogP contribution in [0.5, 0.6) is 0 Å². The van der Waals surface area contributed by atoms with E-state index in [9.17, 15) is 9.90 Å². The molecule has 0 amide bonds. The fraction of sp³-hybridized carbons (Fsp3) is 0.286. The van der Waals surface area contributed by atoms with Crippen molar-refractivity contribution in [2.45, 2.75) is 26.7 Å². The van der Waals surface area contributed by atoms with Gasteiger partial charge in [0.15, 0.2) is 0 Å². The quantitative estimate of drug-likeness (QED) is 0.889. The van der Waals surface area contributed by atoms with Gasteiger partial charge in [0.05, 0.1) is 5.69 Å². The summed E-state index contributed by atoms with van der Waals surface area (Å²) in [5.74, 6) is -0.888. The fourth-order valence-corrected chi connectivity index (χ4v) is 3.02. The summed E-state index contributed by atoms with van der Waals surface area (Å²) in [4.78, 5) is 16.1. The number of benzene rings is 1. The van der Waals surface area contributed by atoms with E-state index in [1.54, 1.807) is 0 Å². The molecule has 0 atom stereocenters. The first kappa shape index (κ1) is 14.2. The van der Waals surface area contributed by atoms with Gasteiger partial charge in [-0.05, 0) is 31.0 Å². The number of hydrogen-bond donors (Lipinski definition) is 1. The number of thiazole rings is 1. The number of carboxylic acids is 1. The number of halogens is 1. The van der Waals surface area contributed by atoms with Crippen LogP contribution in [0.25, 0.3) is 10.6 Å². The maximum atomic E-state index is 11.2. The van der Waals surface area contributed by atoms with E-state index in [2.05, 4.69) is 20.9 Å². The molecule has 0 fully saturated rings. The van der Waals surface area contributed by atoms with Gasteiger partial charge in [0.25, 0.3) is 0 Å². The lowest BCUT2D eigenvalue weighted by Gasteiger charge is -2.00. The van der Waals surface area contributed by atoms with Crippen molar-refractivity contribution in [3.63, 3.8) is 0 Å². The van der Waals surface area contributed by atoms with E-state index in [-0.39, 0.29) is 0 Å². The molecule has 0 aliphatic carbocycles. The summed E-state index contributed by atoms with van der Waals surface area (Å²) in [6.07, 6.45) is 1.59. The third-order valence-electron chi connectivity index (χ3n) is 2.78. The van der Waals surface area contributed by atoms with Gasteiger partial charge in [0, 0.05) is 10.0 Å². The Morgan fingerprint density at radius 1 is 1.47 bits per heavy atom. The molecular weight excluding hydrogens is 326 g/mol. The van der Waals surface area contributed by atoms with Crippen molar-refractivity contribution in [2.75, 3.05) is 0 Å². The Kier molecular flexibility index (Phi) is 4.37. The number of carbonyl (C=O) groups is 1. The summed E-state index contributed by atoms with van der Waals surface area (Å²) in [6.45, 7) is 4.03. The molecule has 0 saturated carbocycles. The monoisotopic (exact) mass is 339 g/mol. The number of carboxylic acid groups (broad SMARTS) is 1. The van der Waals surface area contributed by atoms with Crippen molar-refractivity contribution in [3.05, 3.63) is 38.8 Å². The minimum Gasteiger partial charge on any atom is -0.477 e. The number of nitrogens with zero attached hydrogens (tertiary/aromatic N) is 1. The maximum Gasteiger partial charge on any atom is 0.347 e. The van der Waals surface area contributed by atoms with Crippen LogP contribution in [-0.2, 0) is 6.42 Å². The minimum absolute atomic E-state index is 0.359. The van der Waals surface area contributed by atoms with E-state index in [0.29, 0.717) is 17.0 Å². The van der Waals surface area contributed by atoms with Crippen LogP contribution in [-0.4, -0.2) is 16.1 Å². The number of aromatic nitrogens is 1. The van der Waals surface area contributed by atoms with Gasteiger partial charge in [-0.15, -0.1) is 11.3 Å². The highest BCUT2D eigenvalue weighted by atomic mass is 79.9. The van der Waals surface area contributed by atoms with Crippen molar-refractivity contribution < 1.29 is 9.90 Å². The highest BCUT2D eigenvalue weighted by Gasteiger charge is 2.17. The van der Waals surface area contributed by atoms with Gasteiger partial charge < -0.3 is 5.11 Å². The molecule has 0 aliphatic heterocycles. The molecule has 3 nitrogen and oxygen atoms in total. The summed E-state index contributed by atoms with van der Waals surface area (Å²) in [5.41, 5.74) is 2.77. The number of rotatable bonds is 4. The summed E-state index contributed by atoms with van der Waals surface area (Å²) in [7, 11) is 0. The lowest BCUT2D eigenvalue weighted by molar-refractivity contribution is 0.0700. The van der Waals surface area contributed by atoms with Crippen LogP contribution in [0.15, 0.2) is 22.7 Å². The molecule has 1 N–H and O–H groups in total. The van der Waals surface area contributed by atoms with Crippen LogP contribution in [0.2, 0.25) is 0 Å². The van der Waals surface area contributed by atoms with Crippen LogP contribution in [0, 0.1) is 6.92 Å². The van der Waals surface area contributed by atoms with E-state index in [1.807, 2.05) is 32.0 Å². The molecule has 100 valence electrons. The van der Waals surface area contributed by atoms with E-state index in [0.717, 1.165) is 27.0 Å². The third kappa shape index (κ3) is 3.04. The molecule has 2 rings (SSSR count). The molecule has 0 radical (unpaired) electrons. The largest absolute Gasteiger partial charge is 0.477 e. The van der Waals surface area contributed by atoms with Crippen LogP contribution < -0.4 is 0 Å². The maximum absolute atomic E-state index is 11.2. The Bertz CT molecular complexity index is 622. The predicted molar refractivity (Wildman–Crippen MR) is 80.9 cm³/mol. The molecule has 0 aliphatic rings. The molecule has 1 aromatic carbocycles. The van der Waals surface area contributed by atoms with Crippen molar-refractivity contribution >= 4 is 33.2 Å². The van der Waals surface area contributed by atoms with Gasteiger partial charge in [-0.1, -0.05) is 35.3 Å². The molecule has 0 saturated heterocycles. The Morgan fingerprint density at radius 3 is 2.79 bits per heavy atom. The molecule has 1 heterocycles. The van der Waals surface area contributed by atoms with E-state index >= 15 is 0 Å². The SMILES string of the molecule is CCCc1nc(-c2ccc(Br)c(C)c2)sc1C(=O)O. The average Bonchev–Trinajstić information content (AvgIpc) is 2.77. The van der Waals surface area contributed by atoms with Gasteiger partial charge in [0.2, 0.25) is 0 Å². The van der Waals surface area contributed by atoms with Crippen LogP contribution >= 0.6 is 27.3 Å². The van der Waals surface area contributed by atoms with Gasteiger partial charge in [-0.25, -0.2) is 9.78 Å². The fourth-order valence-electron chi connectivity index (χ4n) is 1.83. The lowest BCUT2D eigenvalue weighted by Crippen LogP contribution is -1.98. The van der Waals surface area contributed by atoms with Crippen LogP contribution in [0.4, 0.5) is 0 Å². The van der Waals surface area contributed by atoms with Gasteiger partial charge in [0.1, 0.15) is 9.88 Å². The molecule has 19 heavy (non-hydrogen) atoms. The van der Waals surface area contributed by atoms with Crippen molar-refractivity contribution in [3.8, 4) is 10.6 Å². The first-order valence-electron chi connectivity index (χ1n) is 6.02. The molecule has 0 unspecified atom stereocenters. The highest BCUT2D eigenvalue weighted by molar-refractivity contribution is 9.10. The second kappa shape index (κ2) is 5.84. The van der Waals surface area contributed by atoms with Gasteiger partial charge in [-0.2, -0.15) is 0 Å². The summed E-state index contributed by atoms with van der Waals surface area (Å²) >= 11 is 4.71. The zero-order valence-corrected chi connectivity index (χ0v) is 13.1.